The topological polar surface area (TPSA) is 54.9 Å². The Hall–Kier alpha value is -1.40. The van der Waals surface area contributed by atoms with Gasteiger partial charge in [0.1, 0.15) is 5.01 Å². The van der Waals surface area contributed by atoms with Crippen LogP contribution in [-0.2, 0) is 4.79 Å². The lowest BCUT2D eigenvalue weighted by Gasteiger charge is -2.12. The average molecular weight is 307 g/mol. The zero-order valence-electron chi connectivity index (χ0n) is 11.9. The van der Waals surface area contributed by atoms with Crippen molar-refractivity contribution >= 4 is 34.7 Å². The monoisotopic (exact) mass is 307 g/mol. The van der Waals surface area contributed by atoms with Gasteiger partial charge in [0.05, 0.1) is 5.25 Å². The quantitative estimate of drug-likeness (QED) is 0.877. The van der Waals surface area contributed by atoms with Gasteiger partial charge in [0.15, 0.2) is 4.34 Å². The van der Waals surface area contributed by atoms with Gasteiger partial charge in [-0.15, -0.1) is 10.2 Å². The molecular formula is C14H17N3OS2. The first kappa shape index (κ1) is 15.0. The van der Waals surface area contributed by atoms with E-state index in [4.69, 9.17) is 0 Å². The smallest absolute Gasteiger partial charge is 0.237 e. The van der Waals surface area contributed by atoms with Crippen LogP contribution >= 0.6 is 23.1 Å². The van der Waals surface area contributed by atoms with Gasteiger partial charge >= 0.3 is 0 Å². The number of rotatable bonds is 4. The highest BCUT2D eigenvalue weighted by molar-refractivity contribution is 8.02. The second-order valence-corrected chi connectivity index (χ2v) is 7.42. The Kier molecular flexibility index (Phi) is 4.77. The molecular weight excluding hydrogens is 290 g/mol. The van der Waals surface area contributed by atoms with Crippen LogP contribution in [-0.4, -0.2) is 21.4 Å². The predicted octanol–water partition coefficient (Wildman–Crippen LogP) is 3.58. The number of aryl methyl sites for hydroxylation is 3. The van der Waals surface area contributed by atoms with E-state index in [9.17, 15) is 4.79 Å². The Labute approximate surface area is 127 Å². The fourth-order valence-electron chi connectivity index (χ4n) is 1.72. The summed E-state index contributed by atoms with van der Waals surface area (Å²) >= 11 is 2.94. The Morgan fingerprint density at radius 2 is 2.05 bits per heavy atom. The standard InChI is InChI=1S/C14H17N3OS2/c1-8-5-6-12(9(2)7-8)15-13(18)10(3)19-14-17-16-11(4)20-14/h5-7,10H,1-4H3,(H,15,18)/t10-/m0/s1. The molecule has 1 aromatic carbocycles. The molecule has 0 fully saturated rings. The van der Waals surface area contributed by atoms with Crippen molar-refractivity contribution in [1.29, 1.82) is 0 Å². The Morgan fingerprint density at radius 1 is 1.30 bits per heavy atom. The summed E-state index contributed by atoms with van der Waals surface area (Å²) in [6.45, 7) is 7.81. The predicted molar refractivity (Wildman–Crippen MR) is 84.5 cm³/mol. The third-order valence-electron chi connectivity index (χ3n) is 2.79. The normalized spacial score (nSPS) is 12.2. The minimum Gasteiger partial charge on any atom is -0.325 e. The van der Waals surface area contributed by atoms with Crippen molar-refractivity contribution in [3.05, 3.63) is 34.3 Å². The van der Waals surface area contributed by atoms with E-state index in [0.29, 0.717) is 0 Å². The zero-order valence-corrected chi connectivity index (χ0v) is 13.6. The van der Waals surface area contributed by atoms with Gasteiger partial charge in [0.25, 0.3) is 0 Å². The van der Waals surface area contributed by atoms with Crippen molar-refractivity contribution in [1.82, 2.24) is 10.2 Å². The van der Waals surface area contributed by atoms with E-state index in [1.54, 1.807) is 0 Å². The lowest BCUT2D eigenvalue weighted by molar-refractivity contribution is -0.115. The molecule has 1 N–H and O–H groups in total. The average Bonchev–Trinajstić information content (AvgIpc) is 2.78. The van der Waals surface area contributed by atoms with Crippen molar-refractivity contribution in [2.45, 2.75) is 37.3 Å². The van der Waals surface area contributed by atoms with Crippen molar-refractivity contribution < 1.29 is 4.79 Å². The number of nitrogens with one attached hydrogen (secondary N) is 1. The van der Waals surface area contributed by atoms with E-state index >= 15 is 0 Å². The van der Waals surface area contributed by atoms with Crippen molar-refractivity contribution in [2.24, 2.45) is 0 Å². The van der Waals surface area contributed by atoms with Gasteiger partial charge in [-0.25, -0.2) is 0 Å². The Morgan fingerprint density at radius 3 is 2.65 bits per heavy atom. The number of benzene rings is 1. The number of hydrogen-bond acceptors (Lipinski definition) is 5. The number of anilines is 1. The minimum atomic E-state index is -0.206. The molecule has 20 heavy (non-hydrogen) atoms. The number of carbonyl (C=O) groups excluding carboxylic acids is 1. The van der Waals surface area contributed by atoms with Gasteiger partial charge < -0.3 is 5.32 Å². The van der Waals surface area contributed by atoms with Crippen LogP contribution in [0.5, 0.6) is 0 Å². The Balaban J connectivity index is 2.00. The fourth-order valence-corrected chi connectivity index (χ4v) is 3.68. The first-order chi connectivity index (χ1) is 9.45. The number of aromatic nitrogens is 2. The van der Waals surface area contributed by atoms with Crippen LogP contribution in [0.15, 0.2) is 22.5 Å². The Bertz CT molecular complexity index is 625. The first-order valence-electron chi connectivity index (χ1n) is 6.30. The number of carbonyl (C=O) groups is 1. The van der Waals surface area contributed by atoms with Crippen LogP contribution in [0.1, 0.15) is 23.1 Å². The van der Waals surface area contributed by atoms with Crippen molar-refractivity contribution in [2.75, 3.05) is 5.32 Å². The van der Waals surface area contributed by atoms with Gasteiger partial charge in [0, 0.05) is 5.69 Å². The number of amides is 1. The molecule has 4 nitrogen and oxygen atoms in total. The number of nitrogens with zero attached hydrogens (tertiary/aromatic N) is 2. The van der Waals surface area contributed by atoms with Gasteiger partial charge in [-0.3, -0.25) is 4.79 Å². The zero-order chi connectivity index (χ0) is 14.7. The molecule has 0 unspecified atom stereocenters. The maximum Gasteiger partial charge on any atom is 0.237 e. The highest BCUT2D eigenvalue weighted by Gasteiger charge is 2.17. The first-order valence-corrected chi connectivity index (χ1v) is 8.00. The van der Waals surface area contributed by atoms with Crippen LogP contribution in [0.2, 0.25) is 0 Å². The fraction of sp³-hybridized carbons (Fsp3) is 0.357. The second kappa shape index (κ2) is 6.37. The molecule has 106 valence electrons. The maximum atomic E-state index is 12.2. The maximum absolute atomic E-state index is 12.2. The van der Waals surface area contributed by atoms with Crippen LogP contribution in [0, 0.1) is 20.8 Å². The summed E-state index contributed by atoms with van der Waals surface area (Å²) in [5.41, 5.74) is 3.12. The van der Waals surface area contributed by atoms with Gasteiger partial charge in [-0.2, -0.15) is 0 Å². The van der Waals surface area contributed by atoms with Crippen LogP contribution in [0.3, 0.4) is 0 Å². The molecule has 1 amide bonds. The summed E-state index contributed by atoms with van der Waals surface area (Å²) in [6.07, 6.45) is 0. The molecule has 1 atom stereocenters. The molecule has 1 aromatic heterocycles. The molecule has 0 saturated carbocycles. The molecule has 2 aromatic rings. The molecule has 2 rings (SSSR count). The van der Waals surface area contributed by atoms with Crippen LogP contribution in [0.25, 0.3) is 0 Å². The summed E-state index contributed by atoms with van der Waals surface area (Å²) < 4.78 is 0.825. The third-order valence-corrected chi connectivity index (χ3v) is 4.82. The lowest BCUT2D eigenvalue weighted by atomic mass is 10.1. The largest absolute Gasteiger partial charge is 0.325 e. The minimum absolute atomic E-state index is 0.0187. The molecule has 0 radical (unpaired) electrons. The lowest BCUT2D eigenvalue weighted by Crippen LogP contribution is -2.22. The second-order valence-electron chi connectivity index (χ2n) is 4.65. The van der Waals surface area contributed by atoms with Crippen molar-refractivity contribution in [3.63, 3.8) is 0 Å². The molecule has 0 aliphatic rings. The molecule has 1 heterocycles. The van der Waals surface area contributed by atoms with Gasteiger partial charge in [-0.1, -0.05) is 40.8 Å². The highest BCUT2D eigenvalue weighted by Crippen LogP contribution is 2.27. The summed E-state index contributed by atoms with van der Waals surface area (Å²) in [5, 5.41) is 11.6. The van der Waals surface area contributed by atoms with Crippen LogP contribution < -0.4 is 5.32 Å². The summed E-state index contributed by atoms with van der Waals surface area (Å²) in [7, 11) is 0. The third kappa shape index (κ3) is 3.80. The van der Waals surface area contributed by atoms with Crippen molar-refractivity contribution in [3.8, 4) is 0 Å². The van der Waals surface area contributed by atoms with Gasteiger partial charge in [0.2, 0.25) is 5.91 Å². The van der Waals surface area contributed by atoms with E-state index < -0.39 is 0 Å². The molecule has 0 bridgehead atoms. The van der Waals surface area contributed by atoms with E-state index in [1.807, 2.05) is 39.8 Å². The van der Waals surface area contributed by atoms with E-state index in [1.165, 1.54) is 28.7 Å². The summed E-state index contributed by atoms with van der Waals surface area (Å²) in [5.74, 6) is -0.0187. The van der Waals surface area contributed by atoms with Gasteiger partial charge in [-0.05, 0) is 39.3 Å². The molecule has 0 spiro atoms. The highest BCUT2D eigenvalue weighted by atomic mass is 32.2. The SMILES string of the molecule is Cc1ccc(NC(=O)[C@H](C)Sc2nnc(C)s2)c(C)c1. The van der Waals surface area contributed by atoms with E-state index in [2.05, 4.69) is 21.6 Å². The molecule has 0 aliphatic heterocycles. The van der Waals surface area contributed by atoms with Crippen LogP contribution in [0.4, 0.5) is 5.69 Å². The number of hydrogen-bond donors (Lipinski definition) is 1. The van der Waals surface area contributed by atoms with E-state index in [0.717, 1.165) is 20.6 Å². The molecule has 0 aliphatic carbocycles. The molecule has 0 saturated heterocycles. The number of thioether (sulfide) groups is 1. The summed E-state index contributed by atoms with van der Waals surface area (Å²) in [6, 6.07) is 5.99. The van der Waals surface area contributed by atoms with E-state index in [-0.39, 0.29) is 11.2 Å². The summed E-state index contributed by atoms with van der Waals surface area (Å²) in [4.78, 5) is 12.2. The molecule has 6 heteroatoms.